The van der Waals surface area contributed by atoms with Gasteiger partial charge < -0.3 is 10.0 Å². The first-order chi connectivity index (χ1) is 4.54. The van der Waals surface area contributed by atoms with E-state index in [1.807, 2.05) is 13.8 Å². The lowest BCUT2D eigenvalue weighted by atomic mass is 10.0. The molecule has 1 fully saturated rings. The molecule has 1 heterocycles. The lowest BCUT2D eigenvalue weighted by Gasteiger charge is -2.28. The van der Waals surface area contributed by atoms with E-state index in [1.54, 1.807) is 0 Å². The predicted octanol–water partition coefficient (Wildman–Crippen LogP) is 1.54. The Hall–Kier alpha value is -0.730. The Kier molecular flexibility index (Phi) is 1.58. The van der Waals surface area contributed by atoms with E-state index in [0.29, 0.717) is 6.54 Å². The van der Waals surface area contributed by atoms with Gasteiger partial charge in [-0.25, -0.2) is 4.79 Å². The molecular weight excluding hydrogens is 130 g/mol. The molecule has 1 amide bonds. The Morgan fingerprint density at radius 1 is 1.60 bits per heavy atom. The van der Waals surface area contributed by atoms with Crippen molar-refractivity contribution in [2.45, 2.75) is 32.2 Å². The third kappa shape index (κ3) is 1.08. The third-order valence-corrected chi connectivity index (χ3v) is 2.13. The molecule has 0 saturated carbocycles. The van der Waals surface area contributed by atoms with E-state index in [2.05, 4.69) is 0 Å². The highest BCUT2D eigenvalue weighted by atomic mass is 16.4. The molecule has 1 aliphatic rings. The second kappa shape index (κ2) is 2.15. The Morgan fingerprint density at radius 3 is 2.40 bits per heavy atom. The van der Waals surface area contributed by atoms with Crippen LogP contribution in [0.1, 0.15) is 26.7 Å². The van der Waals surface area contributed by atoms with Crippen LogP contribution in [0.15, 0.2) is 0 Å². The molecule has 1 rings (SSSR count). The minimum absolute atomic E-state index is 0.133. The van der Waals surface area contributed by atoms with E-state index in [-0.39, 0.29) is 5.54 Å². The number of rotatable bonds is 0. The second-order valence-corrected chi connectivity index (χ2v) is 3.35. The molecule has 0 bridgehead atoms. The molecule has 1 N–H and O–H groups in total. The van der Waals surface area contributed by atoms with Gasteiger partial charge in [-0.3, -0.25) is 0 Å². The van der Waals surface area contributed by atoms with E-state index < -0.39 is 6.09 Å². The molecule has 0 aromatic carbocycles. The van der Waals surface area contributed by atoms with Crippen LogP contribution >= 0.6 is 0 Å². The number of carboxylic acid groups (broad SMARTS) is 1. The van der Waals surface area contributed by atoms with Crippen LogP contribution in [0.2, 0.25) is 0 Å². The Labute approximate surface area is 60.6 Å². The van der Waals surface area contributed by atoms with Gasteiger partial charge in [-0.05, 0) is 26.7 Å². The second-order valence-electron chi connectivity index (χ2n) is 3.35. The number of nitrogens with zero attached hydrogens (tertiary/aromatic N) is 1. The topological polar surface area (TPSA) is 40.5 Å². The van der Waals surface area contributed by atoms with Gasteiger partial charge in [-0.2, -0.15) is 0 Å². The van der Waals surface area contributed by atoms with Gasteiger partial charge in [-0.15, -0.1) is 0 Å². The molecule has 3 nitrogen and oxygen atoms in total. The average Bonchev–Trinajstić information content (AvgIpc) is 2.08. The van der Waals surface area contributed by atoms with Crippen LogP contribution in [0.5, 0.6) is 0 Å². The van der Waals surface area contributed by atoms with Gasteiger partial charge in [0.1, 0.15) is 0 Å². The molecule has 0 aliphatic carbocycles. The lowest BCUT2D eigenvalue weighted by molar-refractivity contribution is 0.117. The minimum atomic E-state index is -0.789. The van der Waals surface area contributed by atoms with Crippen molar-refractivity contribution in [1.82, 2.24) is 4.90 Å². The number of carbonyl (C=O) groups is 1. The van der Waals surface area contributed by atoms with Crippen molar-refractivity contribution in [2.24, 2.45) is 0 Å². The fourth-order valence-electron chi connectivity index (χ4n) is 1.46. The molecule has 0 atom stereocenters. The smallest absolute Gasteiger partial charge is 0.407 e. The van der Waals surface area contributed by atoms with Crippen molar-refractivity contribution in [2.75, 3.05) is 6.54 Å². The number of amides is 1. The summed E-state index contributed by atoms with van der Waals surface area (Å²) >= 11 is 0. The van der Waals surface area contributed by atoms with Crippen LogP contribution in [0.4, 0.5) is 4.79 Å². The quantitative estimate of drug-likeness (QED) is 0.558. The summed E-state index contributed by atoms with van der Waals surface area (Å²) in [6.45, 7) is 4.63. The molecular formula is C7H13NO2. The molecule has 0 unspecified atom stereocenters. The van der Waals surface area contributed by atoms with Crippen LogP contribution < -0.4 is 0 Å². The zero-order chi connectivity index (χ0) is 7.78. The summed E-state index contributed by atoms with van der Waals surface area (Å²) in [7, 11) is 0. The van der Waals surface area contributed by atoms with Crippen molar-refractivity contribution in [3.05, 3.63) is 0 Å². The van der Waals surface area contributed by atoms with Crippen molar-refractivity contribution in [3.63, 3.8) is 0 Å². The van der Waals surface area contributed by atoms with Gasteiger partial charge in [0.15, 0.2) is 0 Å². The molecule has 58 valence electrons. The number of likely N-dealkylation sites (tertiary alicyclic amines) is 1. The molecule has 0 spiro atoms. The van der Waals surface area contributed by atoms with Crippen molar-refractivity contribution in [1.29, 1.82) is 0 Å². The summed E-state index contributed by atoms with van der Waals surface area (Å²) in [4.78, 5) is 12.1. The van der Waals surface area contributed by atoms with Crippen molar-refractivity contribution >= 4 is 6.09 Å². The zero-order valence-corrected chi connectivity index (χ0v) is 6.42. The Morgan fingerprint density at radius 2 is 2.20 bits per heavy atom. The monoisotopic (exact) mass is 143 g/mol. The average molecular weight is 143 g/mol. The summed E-state index contributed by atoms with van der Waals surface area (Å²) in [5.41, 5.74) is -0.133. The summed E-state index contributed by atoms with van der Waals surface area (Å²) in [6.07, 6.45) is 1.20. The number of hydrogen-bond donors (Lipinski definition) is 1. The summed E-state index contributed by atoms with van der Waals surface area (Å²) < 4.78 is 0. The molecule has 10 heavy (non-hydrogen) atoms. The minimum Gasteiger partial charge on any atom is -0.465 e. The molecule has 1 saturated heterocycles. The fourth-order valence-corrected chi connectivity index (χ4v) is 1.46. The van der Waals surface area contributed by atoms with Crippen LogP contribution in [0.3, 0.4) is 0 Å². The Balaban J connectivity index is 2.68. The maximum absolute atomic E-state index is 10.5. The van der Waals surface area contributed by atoms with Gasteiger partial charge in [0.25, 0.3) is 0 Å². The lowest BCUT2D eigenvalue weighted by Crippen LogP contribution is -2.41. The highest BCUT2D eigenvalue weighted by molar-refractivity contribution is 5.66. The summed E-state index contributed by atoms with van der Waals surface area (Å²) in [5.74, 6) is 0. The maximum atomic E-state index is 10.5. The van der Waals surface area contributed by atoms with Gasteiger partial charge >= 0.3 is 6.09 Å². The van der Waals surface area contributed by atoms with Gasteiger partial charge in [0, 0.05) is 12.1 Å². The molecule has 0 aromatic heterocycles. The standard InChI is InChI=1S/C7H13NO2/c1-7(2)4-3-5-8(7)6(9)10/h3-5H2,1-2H3,(H,9,10). The summed E-state index contributed by atoms with van der Waals surface area (Å²) in [6, 6.07) is 0. The van der Waals surface area contributed by atoms with Crippen molar-refractivity contribution in [3.8, 4) is 0 Å². The van der Waals surface area contributed by atoms with E-state index in [0.717, 1.165) is 12.8 Å². The van der Waals surface area contributed by atoms with E-state index in [1.165, 1.54) is 4.90 Å². The highest BCUT2D eigenvalue weighted by Crippen LogP contribution is 2.27. The largest absolute Gasteiger partial charge is 0.465 e. The van der Waals surface area contributed by atoms with E-state index in [4.69, 9.17) is 5.11 Å². The van der Waals surface area contributed by atoms with Gasteiger partial charge in [0.2, 0.25) is 0 Å². The fraction of sp³-hybridized carbons (Fsp3) is 0.857. The van der Waals surface area contributed by atoms with E-state index >= 15 is 0 Å². The first-order valence-electron chi connectivity index (χ1n) is 3.54. The van der Waals surface area contributed by atoms with Crippen LogP contribution in [-0.2, 0) is 0 Å². The molecule has 0 radical (unpaired) electrons. The van der Waals surface area contributed by atoms with Crippen LogP contribution in [0.25, 0.3) is 0 Å². The SMILES string of the molecule is CC1(C)CCCN1C(=O)O. The Bertz CT molecular complexity index is 154. The first kappa shape index (κ1) is 7.38. The summed E-state index contributed by atoms with van der Waals surface area (Å²) in [5, 5.41) is 8.67. The molecule has 1 aliphatic heterocycles. The van der Waals surface area contributed by atoms with Crippen molar-refractivity contribution < 1.29 is 9.90 Å². The van der Waals surface area contributed by atoms with Crippen LogP contribution in [0, 0.1) is 0 Å². The molecule has 3 heteroatoms. The van der Waals surface area contributed by atoms with E-state index in [9.17, 15) is 4.79 Å². The van der Waals surface area contributed by atoms with Gasteiger partial charge in [-0.1, -0.05) is 0 Å². The zero-order valence-electron chi connectivity index (χ0n) is 6.42. The number of hydrogen-bond acceptors (Lipinski definition) is 1. The normalized spacial score (nSPS) is 23.2. The first-order valence-corrected chi connectivity index (χ1v) is 3.54. The predicted molar refractivity (Wildman–Crippen MR) is 38.0 cm³/mol. The maximum Gasteiger partial charge on any atom is 0.407 e. The molecule has 0 aromatic rings. The third-order valence-electron chi connectivity index (χ3n) is 2.13. The van der Waals surface area contributed by atoms with Gasteiger partial charge in [0.05, 0.1) is 0 Å². The highest BCUT2D eigenvalue weighted by Gasteiger charge is 2.34. The van der Waals surface area contributed by atoms with Crippen LogP contribution in [-0.4, -0.2) is 28.2 Å².